The van der Waals surface area contributed by atoms with Crippen molar-refractivity contribution in [2.24, 2.45) is 0 Å². The molecule has 0 unspecified atom stereocenters. The van der Waals surface area contributed by atoms with Crippen LogP contribution in [0.25, 0.3) is 31.9 Å². The van der Waals surface area contributed by atoms with Crippen molar-refractivity contribution >= 4 is 43.8 Å². The highest BCUT2D eigenvalue weighted by Gasteiger charge is 2.24. The number of thiazole rings is 1. The lowest BCUT2D eigenvalue weighted by molar-refractivity contribution is -0.114. The number of fused-ring (bicyclic) bond motifs is 2. The Kier molecular flexibility index (Phi) is 4.43. The molecule has 0 bridgehead atoms. The van der Waals surface area contributed by atoms with Gasteiger partial charge in [-0.2, -0.15) is 0 Å². The second-order valence-corrected chi connectivity index (χ2v) is 8.89. The summed E-state index contributed by atoms with van der Waals surface area (Å²) in [5.41, 5.74) is 5.71. The fourth-order valence-electron chi connectivity index (χ4n) is 3.56. The van der Waals surface area contributed by atoms with Crippen LogP contribution in [-0.2, 0) is 17.8 Å². The van der Waals surface area contributed by atoms with E-state index >= 15 is 0 Å². The standard InChI is InChI=1S/C21H18N4OS2/c1-12(26)24-20-19(15-6-9-23-11-18(15)28-20)21-25-16-3-2-14(10-17(16)27-21)13-4-7-22-8-5-13/h2-5,7-8,10,23H,6,9,11H2,1H3,(H,24,26). The first kappa shape index (κ1) is 17.5. The fraction of sp³-hybridized carbons (Fsp3) is 0.190. The van der Waals surface area contributed by atoms with E-state index < -0.39 is 0 Å². The van der Waals surface area contributed by atoms with Crippen molar-refractivity contribution in [2.45, 2.75) is 19.9 Å². The summed E-state index contributed by atoms with van der Waals surface area (Å²) in [4.78, 5) is 22.0. The molecule has 1 aliphatic rings. The molecule has 0 atom stereocenters. The zero-order valence-corrected chi connectivity index (χ0v) is 16.9. The van der Waals surface area contributed by atoms with E-state index in [2.05, 4.69) is 33.8 Å². The highest BCUT2D eigenvalue weighted by molar-refractivity contribution is 7.23. The van der Waals surface area contributed by atoms with E-state index in [0.29, 0.717) is 0 Å². The maximum Gasteiger partial charge on any atom is 0.221 e. The van der Waals surface area contributed by atoms with E-state index in [4.69, 9.17) is 4.98 Å². The molecule has 4 heterocycles. The van der Waals surface area contributed by atoms with Gasteiger partial charge < -0.3 is 10.6 Å². The van der Waals surface area contributed by atoms with Gasteiger partial charge in [0.1, 0.15) is 10.0 Å². The number of anilines is 1. The highest BCUT2D eigenvalue weighted by atomic mass is 32.1. The van der Waals surface area contributed by atoms with Crippen LogP contribution in [0.4, 0.5) is 5.00 Å². The van der Waals surface area contributed by atoms with Crippen LogP contribution in [0, 0.1) is 0 Å². The first-order chi connectivity index (χ1) is 13.7. The quantitative estimate of drug-likeness (QED) is 0.518. The average molecular weight is 407 g/mol. The normalized spacial score (nSPS) is 13.5. The lowest BCUT2D eigenvalue weighted by atomic mass is 10.0. The molecule has 7 heteroatoms. The molecule has 0 aliphatic carbocycles. The minimum atomic E-state index is -0.0473. The van der Waals surface area contributed by atoms with Crippen LogP contribution in [0.5, 0.6) is 0 Å². The Labute approximate surface area is 170 Å². The predicted molar refractivity (Wildman–Crippen MR) is 116 cm³/mol. The largest absolute Gasteiger partial charge is 0.317 e. The Morgan fingerprint density at radius 3 is 2.82 bits per heavy atom. The number of rotatable bonds is 3. The smallest absolute Gasteiger partial charge is 0.221 e. The Balaban J connectivity index is 1.63. The van der Waals surface area contributed by atoms with Crippen molar-refractivity contribution in [2.75, 3.05) is 11.9 Å². The summed E-state index contributed by atoms with van der Waals surface area (Å²) >= 11 is 3.35. The topological polar surface area (TPSA) is 66.9 Å². The van der Waals surface area contributed by atoms with E-state index in [1.807, 2.05) is 24.5 Å². The molecule has 0 saturated carbocycles. The van der Waals surface area contributed by atoms with Crippen LogP contribution in [0.2, 0.25) is 0 Å². The predicted octanol–water partition coefficient (Wildman–Crippen LogP) is 4.69. The summed E-state index contributed by atoms with van der Waals surface area (Å²) in [6, 6.07) is 10.4. The van der Waals surface area contributed by atoms with E-state index in [9.17, 15) is 4.79 Å². The minimum Gasteiger partial charge on any atom is -0.317 e. The van der Waals surface area contributed by atoms with Crippen molar-refractivity contribution in [1.82, 2.24) is 15.3 Å². The number of carbonyl (C=O) groups is 1. The molecule has 1 aliphatic heterocycles. The number of carbonyl (C=O) groups excluding carboxylic acids is 1. The van der Waals surface area contributed by atoms with Crippen LogP contribution >= 0.6 is 22.7 Å². The van der Waals surface area contributed by atoms with E-state index in [1.165, 1.54) is 10.4 Å². The molecule has 140 valence electrons. The lowest BCUT2D eigenvalue weighted by Crippen LogP contribution is -2.22. The lowest BCUT2D eigenvalue weighted by Gasteiger charge is -2.13. The van der Waals surface area contributed by atoms with Crippen molar-refractivity contribution in [1.29, 1.82) is 0 Å². The van der Waals surface area contributed by atoms with Crippen LogP contribution in [0.1, 0.15) is 17.4 Å². The molecule has 2 N–H and O–H groups in total. The molecule has 28 heavy (non-hydrogen) atoms. The second kappa shape index (κ2) is 7.09. The molecule has 1 amide bonds. The molecule has 0 fully saturated rings. The number of thiophene rings is 1. The summed E-state index contributed by atoms with van der Waals surface area (Å²) in [6.07, 6.45) is 4.57. The third-order valence-electron chi connectivity index (χ3n) is 4.83. The molecule has 1 aromatic carbocycles. The Morgan fingerprint density at radius 1 is 1.14 bits per heavy atom. The van der Waals surface area contributed by atoms with Gasteiger partial charge >= 0.3 is 0 Å². The first-order valence-electron chi connectivity index (χ1n) is 9.13. The van der Waals surface area contributed by atoms with Crippen molar-refractivity contribution in [3.63, 3.8) is 0 Å². The van der Waals surface area contributed by atoms with Gasteiger partial charge in [0, 0.05) is 36.3 Å². The molecule has 0 saturated heterocycles. The van der Waals surface area contributed by atoms with Crippen molar-refractivity contribution in [3.8, 4) is 21.7 Å². The van der Waals surface area contributed by atoms with Gasteiger partial charge in [-0.15, -0.1) is 22.7 Å². The van der Waals surface area contributed by atoms with Crippen LogP contribution < -0.4 is 10.6 Å². The number of benzene rings is 1. The zero-order chi connectivity index (χ0) is 19.1. The maximum atomic E-state index is 11.7. The summed E-state index contributed by atoms with van der Waals surface area (Å²) < 4.78 is 1.15. The number of nitrogens with zero attached hydrogens (tertiary/aromatic N) is 2. The van der Waals surface area contributed by atoms with E-state index in [1.54, 1.807) is 29.6 Å². The minimum absolute atomic E-state index is 0.0473. The van der Waals surface area contributed by atoms with E-state index in [0.717, 1.165) is 56.4 Å². The number of pyridine rings is 1. The van der Waals surface area contributed by atoms with Crippen LogP contribution in [0.3, 0.4) is 0 Å². The third kappa shape index (κ3) is 3.11. The molecule has 5 nitrogen and oxygen atoms in total. The van der Waals surface area contributed by atoms with Gasteiger partial charge in [0.05, 0.1) is 10.2 Å². The van der Waals surface area contributed by atoms with Crippen molar-refractivity contribution < 1.29 is 4.79 Å². The summed E-state index contributed by atoms with van der Waals surface area (Å²) in [5, 5.41) is 8.32. The fourth-order valence-corrected chi connectivity index (χ4v) is 5.98. The maximum absolute atomic E-state index is 11.7. The molecule has 3 aromatic heterocycles. The Morgan fingerprint density at radius 2 is 2.00 bits per heavy atom. The van der Waals surface area contributed by atoms with Gasteiger partial charge in [-0.3, -0.25) is 9.78 Å². The zero-order valence-electron chi connectivity index (χ0n) is 15.3. The molecule has 0 spiro atoms. The molecular formula is C21H18N4OS2. The highest BCUT2D eigenvalue weighted by Crippen LogP contribution is 2.45. The molecule has 4 aromatic rings. The SMILES string of the molecule is CC(=O)Nc1sc2c(c1-c1nc3ccc(-c4ccncc4)cc3s1)CCNC2. The monoisotopic (exact) mass is 406 g/mol. The number of aromatic nitrogens is 2. The van der Waals surface area contributed by atoms with Gasteiger partial charge in [0.2, 0.25) is 5.91 Å². The van der Waals surface area contributed by atoms with Gasteiger partial charge in [0.15, 0.2) is 0 Å². The third-order valence-corrected chi connectivity index (χ3v) is 7.02. The van der Waals surface area contributed by atoms with Gasteiger partial charge in [-0.05, 0) is 53.9 Å². The second-order valence-electron chi connectivity index (χ2n) is 6.75. The Hall–Kier alpha value is -2.61. The summed E-state index contributed by atoms with van der Waals surface area (Å²) in [5.74, 6) is -0.0473. The van der Waals surface area contributed by atoms with E-state index in [-0.39, 0.29) is 5.91 Å². The first-order valence-corrected chi connectivity index (χ1v) is 10.8. The van der Waals surface area contributed by atoms with Crippen LogP contribution in [-0.4, -0.2) is 22.4 Å². The molecule has 0 radical (unpaired) electrons. The van der Waals surface area contributed by atoms with Crippen molar-refractivity contribution in [3.05, 3.63) is 53.2 Å². The molecular weight excluding hydrogens is 388 g/mol. The van der Waals surface area contributed by atoms with Crippen LogP contribution in [0.15, 0.2) is 42.7 Å². The van der Waals surface area contributed by atoms with Gasteiger partial charge in [-0.25, -0.2) is 4.98 Å². The molecule has 5 rings (SSSR count). The number of nitrogens with one attached hydrogen (secondary N) is 2. The number of amides is 1. The van der Waals surface area contributed by atoms with Gasteiger partial charge in [0.25, 0.3) is 0 Å². The summed E-state index contributed by atoms with van der Waals surface area (Å²) in [6.45, 7) is 3.36. The Bertz CT molecular complexity index is 1180. The number of hydrogen-bond donors (Lipinski definition) is 2. The van der Waals surface area contributed by atoms with Gasteiger partial charge in [-0.1, -0.05) is 6.07 Å². The summed E-state index contributed by atoms with van der Waals surface area (Å²) in [7, 11) is 0. The average Bonchev–Trinajstić information content (AvgIpc) is 3.27. The number of hydrogen-bond acceptors (Lipinski definition) is 6.